The van der Waals surface area contributed by atoms with Crippen molar-refractivity contribution in [3.8, 4) is 22.3 Å². The van der Waals surface area contributed by atoms with Crippen molar-refractivity contribution in [1.29, 1.82) is 0 Å². The van der Waals surface area contributed by atoms with E-state index < -0.39 is 240 Å². The van der Waals surface area contributed by atoms with Gasteiger partial charge >= 0.3 is 5.97 Å². The van der Waals surface area contributed by atoms with E-state index in [9.17, 15) is 87.2 Å². The number of nitrogens with two attached hydrogens (primary N) is 1. The number of hydrogen-bond acceptors (Lipinski definition) is 22. The van der Waals surface area contributed by atoms with Gasteiger partial charge in [0.05, 0.1) is 24.5 Å². The molecule has 3 saturated heterocycles. The number of primary amides is 1. The van der Waals surface area contributed by atoms with Gasteiger partial charge < -0.3 is 104 Å². The summed E-state index contributed by atoms with van der Waals surface area (Å²) >= 11 is 0.776. The van der Waals surface area contributed by atoms with E-state index in [0.717, 1.165) is 62.6 Å². The molecule has 9 rings (SSSR count). The molecule has 0 aromatic heterocycles. The molecule has 744 valence electrons. The minimum absolute atomic E-state index is 0.00471. The number of nitrogens with one attached hydrogen (secondary N) is 12. The van der Waals surface area contributed by atoms with Gasteiger partial charge in [0.25, 0.3) is 5.91 Å². The number of thioether (sulfide) groups is 1. The van der Waals surface area contributed by atoms with E-state index in [1.54, 1.807) is 92.7 Å². The van der Waals surface area contributed by atoms with E-state index in [0.29, 0.717) is 40.5 Å². The fourth-order valence-corrected chi connectivity index (χ4v) is 17.1. The number of carbonyl (C=O) groups is 19. The highest BCUT2D eigenvalue weighted by Gasteiger charge is 2.45. The van der Waals surface area contributed by atoms with E-state index >= 15 is 19.2 Å². The molecule has 3 aliphatic rings. The van der Waals surface area contributed by atoms with E-state index in [1.807, 2.05) is 60.7 Å². The summed E-state index contributed by atoms with van der Waals surface area (Å²) < 4.78 is 0. The number of carboxylic acid groups (broad SMARTS) is 1. The Kier molecular flexibility index (Phi) is 40.8. The Labute approximate surface area is 809 Å². The van der Waals surface area contributed by atoms with Gasteiger partial charge in [-0.05, 0) is 143 Å². The second kappa shape index (κ2) is 52.3. The zero-order chi connectivity index (χ0) is 101. The van der Waals surface area contributed by atoms with Crippen LogP contribution in [0.2, 0.25) is 0 Å². The molecule has 16 atom stereocenters. The summed E-state index contributed by atoms with van der Waals surface area (Å²) in [5.74, 6) is -18.7. The molecule has 0 unspecified atom stereocenters. The lowest BCUT2D eigenvalue weighted by Gasteiger charge is -2.33. The van der Waals surface area contributed by atoms with Crippen LogP contribution < -0.4 is 69.5 Å². The quantitative estimate of drug-likeness (QED) is 0.0262. The summed E-state index contributed by atoms with van der Waals surface area (Å²) in [7, 11) is 2.49. The standard InChI is InChI=1S/C99H125N17O22S/c1-56(2)82-99(138)116-48-22-31-78(116)93(132)111-84(61(7)119)95(134)112-83(60(6)118)94(133)108-75(51-64-34-40-69(41-35-64)67-27-17-12-18-28-67)98(137)114(9)59(5)87(126)107-74(50-63-32-38-68(39-33-63)66-25-15-11-16-26-66)97(136)113(8)58(4)86(125)106-72(44-45-81(122)123)90(129)103-57(3)96(135)115-47-21-30-77(115)92(131)109-76(54-139-55-80(121)105-73(91(130)110-82)49-62-23-13-10-14-24-62)89(128)102-52-79(120)104-71(85(100)124)29-19-20-46-101-88(127)70-42-36-65(53-117)37-43-70/h10-18,23-28,32-43,53,56-61,71-78,82-84,118-119H,19-22,29-31,44-52,54-55H2,1-9H3,(H2,100,124)(H,101,127)(H,102,128)(H,103,129)(H,104,120)(H,105,121)(H,106,125)(H,107,126)(H,108,133)(H,109,131)(H,110,130)(H,111,132)(H,112,134)(H,122,123)/t57-,58-,59-,60+,61+,71-,72-,73-,74-,75-,76-,77-,78-,82-,83-,84-/m0/s1. The number of fused-ring (bicyclic) bond motifs is 2. The molecule has 0 bridgehead atoms. The lowest BCUT2D eigenvalue weighted by molar-refractivity contribution is -0.145. The predicted octanol–water partition coefficient (Wildman–Crippen LogP) is 0.636. The first kappa shape index (κ1) is 108. The van der Waals surface area contributed by atoms with Crippen LogP contribution in [0.25, 0.3) is 22.3 Å². The van der Waals surface area contributed by atoms with Gasteiger partial charge in [-0.2, -0.15) is 0 Å². The molecule has 3 aliphatic heterocycles. The summed E-state index contributed by atoms with van der Waals surface area (Å²) in [5.41, 5.74) is 11.2. The fourth-order valence-electron chi connectivity index (χ4n) is 16.2. The number of amides is 17. The number of rotatable bonds is 26. The molecule has 17 amide bonds. The van der Waals surface area contributed by atoms with Crippen molar-refractivity contribution in [2.45, 2.75) is 222 Å². The minimum atomic E-state index is -1.94. The normalized spacial score (nSPS) is 23.5. The van der Waals surface area contributed by atoms with Crippen molar-refractivity contribution in [3.63, 3.8) is 0 Å². The van der Waals surface area contributed by atoms with E-state index in [2.05, 4.69) is 63.8 Å². The van der Waals surface area contributed by atoms with Gasteiger partial charge in [-0.15, -0.1) is 11.8 Å². The average molecular weight is 1940 g/mol. The molecular weight excluding hydrogens is 1810 g/mol. The van der Waals surface area contributed by atoms with Gasteiger partial charge in [-0.25, -0.2) is 0 Å². The minimum Gasteiger partial charge on any atom is -0.481 e. The van der Waals surface area contributed by atoms with Crippen LogP contribution in [0, 0.1) is 5.92 Å². The fraction of sp³-hybridized carbons (Fsp3) is 0.444. The van der Waals surface area contributed by atoms with Crippen LogP contribution in [0.3, 0.4) is 0 Å². The number of hydrogen-bond donors (Lipinski definition) is 16. The number of aliphatic carboxylic acids is 1. The van der Waals surface area contributed by atoms with Crippen molar-refractivity contribution >= 4 is 124 Å². The molecular formula is C99H125N17O22S. The second-order valence-electron chi connectivity index (χ2n) is 35.3. The van der Waals surface area contributed by atoms with Crippen molar-refractivity contribution in [2.24, 2.45) is 11.7 Å². The van der Waals surface area contributed by atoms with Crippen molar-refractivity contribution in [1.82, 2.24) is 83.4 Å². The average Bonchev–Trinajstić information content (AvgIpc) is 1.70. The summed E-state index contributed by atoms with van der Waals surface area (Å²) in [6, 6.07) is 25.2. The van der Waals surface area contributed by atoms with Crippen molar-refractivity contribution in [3.05, 3.63) is 192 Å². The number of carboxylic acids is 1. The highest BCUT2D eigenvalue weighted by atomic mass is 32.2. The highest BCUT2D eigenvalue weighted by molar-refractivity contribution is 8.00. The third-order valence-electron chi connectivity index (χ3n) is 24.6. The van der Waals surface area contributed by atoms with Crippen LogP contribution in [0.15, 0.2) is 164 Å². The molecule has 0 spiro atoms. The third-order valence-corrected chi connectivity index (χ3v) is 25.6. The smallest absolute Gasteiger partial charge is 0.303 e. The third kappa shape index (κ3) is 31.4. The summed E-state index contributed by atoms with van der Waals surface area (Å²) in [6.07, 6.45) is -3.85. The first-order valence-electron chi connectivity index (χ1n) is 46.3. The van der Waals surface area contributed by atoms with Crippen LogP contribution in [-0.4, -0.2) is 296 Å². The zero-order valence-corrected chi connectivity index (χ0v) is 79.9. The molecule has 0 aliphatic carbocycles. The lowest BCUT2D eigenvalue weighted by atomic mass is 9.99. The van der Waals surface area contributed by atoms with E-state index in [-0.39, 0.29) is 77.4 Å². The first-order chi connectivity index (χ1) is 66.2. The van der Waals surface area contributed by atoms with Crippen LogP contribution >= 0.6 is 11.8 Å². The summed E-state index contributed by atoms with van der Waals surface area (Å²) in [5, 5.41) is 63.8. The summed E-state index contributed by atoms with van der Waals surface area (Å²) in [4.78, 5) is 274. The van der Waals surface area contributed by atoms with E-state index in [4.69, 9.17) is 5.73 Å². The van der Waals surface area contributed by atoms with Gasteiger partial charge in [0.1, 0.15) is 90.9 Å². The molecule has 0 saturated carbocycles. The number of benzene rings is 6. The maximum absolute atomic E-state index is 15.3. The monoisotopic (exact) mass is 1940 g/mol. The SMILES string of the molecule is CC(C)[C@@H]1NC(=O)[C@H](Cc2ccccc2)NC(=O)CSC[C@@H](C(=O)NCC(=O)N[C@@H](CCCCNC(=O)c2ccc(C=O)cc2)C(N)=O)NC(=O)[C@@H]2CCCN2C(=O)[C@H](C)NC(=O)[C@H](CCC(=O)O)NC(=O)[C@H](C)N(C)C(=O)[C@H](Cc2ccc(-c3ccccc3)cc2)NC(=O)[C@H](C)N(C)C(=O)[C@H](Cc2ccc(-c3ccccc3)cc2)NC(=O)[C@H]([C@@H](C)O)NC(=O)[C@H]([C@@H](C)O)NC(=O)[C@@H]2CCCN2C1=O. The molecule has 3 heterocycles. The van der Waals surface area contributed by atoms with Crippen molar-refractivity contribution < 1.29 is 106 Å². The molecule has 6 aromatic rings. The molecule has 39 nitrogen and oxygen atoms in total. The number of unbranched alkanes of at least 4 members (excludes halogenated alkanes) is 1. The number of likely N-dealkylation sites (N-methyl/N-ethyl adjacent to an activating group) is 2. The van der Waals surface area contributed by atoms with Crippen LogP contribution in [0.1, 0.15) is 144 Å². The highest BCUT2D eigenvalue weighted by Crippen LogP contribution is 2.27. The molecule has 139 heavy (non-hydrogen) atoms. The first-order valence-corrected chi connectivity index (χ1v) is 47.4. The maximum Gasteiger partial charge on any atom is 0.303 e. The maximum atomic E-state index is 15.3. The van der Waals surface area contributed by atoms with Gasteiger partial charge in [0, 0.05) is 76.3 Å². The number of aliphatic hydroxyl groups is 2. The predicted molar refractivity (Wildman–Crippen MR) is 513 cm³/mol. The zero-order valence-electron chi connectivity index (χ0n) is 79.1. The van der Waals surface area contributed by atoms with Gasteiger partial charge in [-0.1, -0.05) is 166 Å². The number of carbonyl (C=O) groups excluding carboxylic acids is 18. The van der Waals surface area contributed by atoms with Crippen LogP contribution in [0.4, 0.5) is 0 Å². The van der Waals surface area contributed by atoms with Gasteiger partial charge in [-0.3, -0.25) is 91.1 Å². The molecule has 40 heteroatoms. The van der Waals surface area contributed by atoms with E-state index in [1.165, 1.54) is 64.0 Å². The Bertz CT molecular complexity index is 5350. The Morgan fingerprint density at radius 2 is 0.928 bits per heavy atom. The largest absolute Gasteiger partial charge is 0.481 e. The molecule has 17 N–H and O–H groups in total. The van der Waals surface area contributed by atoms with Gasteiger partial charge in [0.2, 0.25) is 94.5 Å². The molecule has 6 aromatic carbocycles. The van der Waals surface area contributed by atoms with Crippen LogP contribution in [-0.2, 0) is 101 Å². The second-order valence-corrected chi connectivity index (χ2v) is 36.3. The number of aliphatic hydroxyl groups excluding tert-OH is 2. The Balaban J connectivity index is 1.02. The Morgan fingerprint density at radius 1 is 0.482 bits per heavy atom. The topological polar surface area (TPSA) is 568 Å². The van der Waals surface area contributed by atoms with Crippen molar-refractivity contribution in [2.75, 3.05) is 51.8 Å². The summed E-state index contributed by atoms with van der Waals surface area (Å²) in [6.45, 7) is 8.64. The number of aldehydes is 1. The Morgan fingerprint density at radius 3 is 1.42 bits per heavy atom. The molecule has 0 radical (unpaired) electrons. The van der Waals surface area contributed by atoms with Gasteiger partial charge in [0.15, 0.2) is 0 Å². The molecule has 3 fully saturated rings. The number of nitrogens with zero attached hydrogens (tertiary/aromatic N) is 4. The Hall–Kier alpha value is -14.3. The lowest BCUT2D eigenvalue weighted by Crippen LogP contribution is -2.63. The van der Waals surface area contributed by atoms with Crippen LogP contribution in [0.5, 0.6) is 0 Å².